The second-order valence-electron chi connectivity index (χ2n) is 4.90. The van der Waals surface area contributed by atoms with Crippen molar-refractivity contribution in [3.05, 3.63) is 33.9 Å². The van der Waals surface area contributed by atoms with E-state index in [1.165, 1.54) is 6.92 Å². The fourth-order valence-corrected chi connectivity index (χ4v) is 1.65. The van der Waals surface area contributed by atoms with Crippen LogP contribution in [0.15, 0.2) is 18.2 Å². The maximum atomic E-state index is 13.0. The van der Waals surface area contributed by atoms with Crippen molar-refractivity contribution in [1.82, 2.24) is 0 Å². The van der Waals surface area contributed by atoms with E-state index >= 15 is 0 Å². The van der Waals surface area contributed by atoms with Crippen LogP contribution < -0.4 is 5.32 Å². The second-order valence-corrected chi connectivity index (χ2v) is 4.90. The minimum Gasteiger partial charge on any atom is -0.481 e. The van der Waals surface area contributed by atoms with Crippen molar-refractivity contribution in [3.63, 3.8) is 0 Å². The lowest BCUT2D eigenvalue weighted by molar-refractivity contribution is -0.385. The highest BCUT2D eigenvalue weighted by molar-refractivity contribution is 5.75. The Bertz CT molecular complexity index is 551. The Hall–Kier alpha value is -2.25. The number of carbonyl (C=O) groups is 1. The molecule has 0 aliphatic rings. The van der Waals surface area contributed by atoms with Gasteiger partial charge in [-0.3, -0.25) is 14.9 Å². The molecule has 1 unspecified atom stereocenters. The Morgan fingerprint density at radius 3 is 2.57 bits per heavy atom. The first kappa shape index (κ1) is 16.8. The largest absolute Gasteiger partial charge is 0.481 e. The van der Waals surface area contributed by atoms with E-state index in [1.54, 1.807) is 6.92 Å². The lowest BCUT2D eigenvalue weighted by atomic mass is 9.87. The first-order chi connectivity index (χ1) is 9.71. The van der Waals surface area contributed by atoms with Crippen molar-refractivity contribution in [3.8, 4) is 0 Å². The van der Waals surface area contributed by atoms with Crippen LogP contribution in [0.3, 0.4) is 0 Å². The van der Waals surface area contributed by atoms with Crippen molar-refractivity contribution in [2.24, 2.45) is 5.41 Å². The van der Waals surface area contributed by atoms with E-state index in [0.717, 1.165) is 18.2 Å². The van der Waals surface area contributed by atoms with Gasteiger partial charge < -0.3 is 10.4 Å². The summed E-state index contributed by atoms with van der Waals surface area (Å²) in [7, 11) is 0. The van der Waals surface area contributed by atoms with Crippen molar-refractivity contribution in [2.75, 3.05) is 11.9 Å². The van der Waals surface area contributed by atoms with Gasteiger partial charge >= 0.3 is 5.97 Å². The zero-order valence-electron chi connectivity index (χ0n) is 11.6. The summed E-state index contributed by atoms with van der Waals surface area (Å²) in [4.78, 5) is 21.0. The molecule has 0 aliphatic carbocycles. The quantitative estimate of drug-likeness (QED) is 0.594. The molecule has 0 aliphatic heterocycles. The molecule has 1 rings (SSSR count). The molecule has 0 aromatic heterocycles. The van der Waals surface area contributed by atoms with Crippen molar-refractivity contribution < 1.29 is 23.6 Å². The predicted octanol–water partition coefficient (Wildman–Crippen LogP) is 3.45. The molecule has 0 bridgehead atoms. The van der Waals surface area contributed by atoms with Gasteiger partial charge in [-0.25, -0.2) is 8.78 Å². The molecule has 0 saturated heterocycles. The highest BCUT2D eigenvalue weighted by Gasteiger charge is 2.31. The molecule has 116 valence electrons. The van der Waals surface area contributed by atoms with Gasteiger partial charge in [0.15, 0.2) is 0 Å². The Kier molecular flexibility index (Phi) is 5.17. The van der Waals surface area contributed by atoms with E-state index in [2.05, 4.69) is 5.32 Å². The number of nitro groups is 1. The lowest BCUT2D eigenvalue weighted by Crippen LogP contribution is -2.34. The number of anilines is 1. The van der Waals surface area contributed by atoms with Crippen LogP contribution in [-0.4, -0.2) is 22.5 Å². The molecule has 0 saturated carbocycles. The van der Waals surface area contributed by atoms with E-state index in [9.17, 15) is 23.7 Å². The molecular weight excluding hydrogens is 286 g/mol. The maximum absolute atomic E-state index is 13.0. The number of alkyl halides is 2. The zero-order chi connectivity index (χ0) is 16.2. The van der Waals surface area contributed by atoms with Crippen LogP contribution in [0, 0.1) is 15.5 Å². The van der Waals surface area contributed by atoms with Gasteiger partial charge in [0.1, 0.15) is 0 Å². The average molecular weight is 302 g/mol. The zero-order valence-corrected chi connectivity index (χ0v) is 11.6. The summed E-state index contributed by atoms with van der Waals surface area (Å²) < 4.78 is 25.9. The molecule has 0 radical (unpaired) electrons. The van der Waals surface area contributed by atoms with E-state index < -0.39 is 34.0 Å². The number of halogens is 2. The Balaban J connectivity index is 3.03. The smallest absolute Gasteiger partial charge is 0.311 e. The van der Waals surface area contributed by atoms with Crippen LogP contribution in [-0.2, 0) is 4.79 Å². The normalized spacial score (nSPS) is 13.8. The molecule has 21 heavy (non-hydrogen) atoms. The number of hydrogen-bond acceptors (Lipinski definition) is 4. The maximum Gasteiger partial charge on any atom is 0.311 e. The highest BCUT2D eigenvalue weighted by atomic mass is 19.3. The molecule has 6 nitrogen and oxygen atoms in total. The summed E-state index contributed by atoms with van der Waals surface area (Å²) >= 11 is 0. The molecule has 0 amide bonds. The first-order valence-corrected chi connectivity index (χ1v) is 6.25. The summed E-state index contributed by atoms with van der Waals surface area (Å²) in [5.74, 6) is -1.04. The van der Waals surface area contributed by atoms with Crippen LogP contribution in [0.4, 0.5) is 20.2 Å². The third-order valence-corrected chi connectivity index (χ3v) is 3.45. The first-order valence-electron chi connectivity index (χ1n) is 6.25. The van der Waals surface area contributed by atoms with Gasteiger partial charge in [0.25, 0.3) is 12.1 Å². The minimum absolute atomic E-state index is 0.00322. The monoisotopic (exact) mass is 302 g/mol. The summed E-state index contributed by atoms with van der Waals surface area (Å²) in [5, 5.41) is 22.4. The number of non-ortho nitro benzene ring substituents is 1. The molecule has 1 atom stereocenters. The number of nitrogens with one attached hydrogen (secondary N) is 1. The Morgan fingerprint density at radius 2 is 2.14 bits per heavy atom. The number of aliphatic carboxylic acids is 1. The number of nitro benzene ring substituents is 1. The van der Waals surface area contributed by atoms with Gasteiger partial charge in [0.2, 0.25) is 0 Å². The third-order valence-electron chi connectivity index (χ3n) is 3.45. The molecule has 0 fully saturated rings. The van der Waals surface area contributed by atoms with E-state index in [-0.39, 0.29) is 12.2 Å². The van der Waals surface area contributed by atoms with Crippen LogP contribution >= 0.6 is 0 Å². The summed E-state index contributed by atoms with van der Waals surface area (Å²) in [5.41, 5.74) is -2.07. The fourth-order valence-electron chi connectivity index (χ4n) is 1.65. The molecule has 2 N–H and O–H groups in total. The van der Waals surface area contributed by atoms with E-state index in [4.69, 9.17) is 5.11 Å². The van der Waals surface area contributed by atoms with Crippen LogP contribution in [0.2, 0.25) is 0 Å². The van der Waals surface area contributed by atoms with Gasteiger partial charge in [-0.15, -0.1) is 0 Å². The number of hydrogen-bond donors (Lipinski definition) is 2. The summed E-state index contributed by atoms with van der Waals surface area (Å²) in [6, 6.07) is 3.05. The van der Waals surface area contributed by atoms with Crippen LogP contribution in [0.5, 0.6) is 0 Å². The van der Waals surface area contributed by atoms with Crippen molar-refractivity contribution in [2.45, 2.75) is 26.7 Å². The van der Waals surface area contributed by atoms with Crippen molar-refractivity contribution in [1.29, 1.82) is 0 Å². The average Bonchev–Trinajstić information content (AvgIpc) is 2.43. The number of rotatable bonds is 7. The Labute approximate surface area is 119 Å². The molecule has 0 spiro atoms. The molecule has 1 aromatic carbocycles. The number of benzene rings is 1. The third kappa shape index (κ3) is 3.87. The summed E-state index contributed by atoms with van der Waals surface area (Å²) in [6.45, 7) is 3.12. The molecule has 1 aromatic rings. The van der Waals surface area contributed by atoms with E-state index in [0.29, 0.717) is 6.42 Å². The van der Waals surface area contributed by atoms with E-state index in [1.807, 2.05) is 0 Å². The SMILES string of the molecule is CCC(C)(CNc1ccc([N+](=O)[O-])cc1C(F)F)C(=O)O. The number of carboxylic acids is 1. The molecule has 8 heteroatoms. The number of carboxylic acid groups (broad SMARTS) is 1. The second kappa shape index (κ2) is 6.47. The van der Waals surface area contributed by atoms with Gasteiger partial charge in [-0.05, 0) is 19.4 Å². The highest BCUT2D eigenvalue weighted by Crippen LogP contribution is 2.32. The topological polar surface area (TPSA) is 92.5 Å². The van der Waals surface area contributed by atoms with Crippen molar-refractivity contribution >= 4 is 17.3 Å². The predicted molar refractivity (Wildman–Crippen MR) is 72.6 cm³/mol. The molecular formula is C13H16F2N2O4. The lowest BCUT2D eigenvalue weighted by Gasteiger charge is -2.24. The van der Waals surface area contributed by atoms with Crippen LogP contribution in [0.1, 0.15) is 32.3 Å². The minimum atomic E-state index is -2.90. The molecule has 0 heterocycles. The summed E-state index contributed by atoms with van der Waals surface area (Å²) in [6.07, 6.45) is -2.59. The fraction of sp³-hybridized carbons (Fsp3) is 0.462. The number of nitrogens with zero attached hydrogens (tertiary/aromatic N) is 1. The standard InChI is InChI=1S/C13H16F2N2O4/c1-3-13(2,12(18)19)7-16-10-5-4-8(17(20)21)6-9(10)11(14)15/h4-6,11,16H,3,7H2,1-2H3,(H,18,19). The van der Waals surface area contributed by atoms with Gasteiger partial charge in [0, 0.05) is 29.9 Å². The Morgan fingerprint density at radius 1 is 1.52 bits per heavy atom. The van der Waals surface area contributed by atoms with Crippen LogP contribution in [0.25, 0.3) is 0 Å². The van der Waals surface area contributed by atoms with Gasteiger partial charge in [-0.2, -0.15) is 0 Å². The van der Waals surface area contributed by atoms with Gasteiger partial charge in [-0.1, -0.05) is 6.92 Å². The van der Waals surface area contributed by atoms with Gasteiger partial charge in [0.05, 0.1) is 10.3 Å².